The summed E-state index contributed by atoms with van der Waals surface area (Å²) in [5.74, 6) is 0.999. The van der Waals surface area contributed by atoms with E-state index in [1.54, 1.807) is 37.4 Å². The van der Waals surface area contributed by atoms with Gasteiger partial charge in [0, 0.05) is 17.2 Å². The number of carbonyl (C=O) groups excluding carboxylic acids is 2. The molecule has 2 N–H and O–H groups in total. The number of carbonyl (C=O) groups is 2. The van der Waals surface area contributed by atoms with Gasteiger partial charge < -0.3 is 9.73 Å². The average Bonchev–Trinajstić information content (AvgIpc) is 3.27. The van der Waals surface area contributed by atoms with Crippen LogP contribution in [0.4, 0.5) is 11.4 Å². The zero-order valence-electron chi connectivity index (χ0n) is 17.5. The van der Waals surface area contributed by atoms with Crippen molar-refractivity contribution >= 4 is 29.0 Å². The molecule has 0 bridgehead atoms. The lowest BCUT2D eigenvalue weighted by Crippen LogP contribution is -2.57. The first kappa shape index (κ1) is 20.3. The van der Waals surface area contributed by atoms with Crippen molar-refractivity contribution in [1.29, 1.82) is 0 Å². The van der Waals surface area contributed by atoms with Crippen LogP contribution in [0.25, 0.3) is 11.5 Å². The number of aromatic nitrogens is 1. The topological polar surface area (TPSA) is 99.8 Å². The molecule has 0 radical (unpaired) electrons. The number of hydrogen-bond acceptors (Lipinski definition) is 6. The molecule has 3 aromatic rings. The van der Waals surface area contributed by atoms with Crippen molar-refractivity contribution in [2.75, 3.05) is 10.3 Å². The monoisotopic (exact) mass is 417 g/mol. The highest BCUT2D eigenvalue weighted by molar-refractivity contribution is 6.43. The number of rotatable bonds is 5. The van der Waals surface area contributed by atoms with Crippen LogP contribution in [-0.2, 0) is 9.59 Å². The van der Waals surface area contributed by atoms with E-state index >= 15 is 0 Å². The summed E-state index contributed by atoms with van der Waals surface area (Å²) in [6, 6.07) is 15.6. The molecule has 31 heavy (non-hydrogen) atoms. The van der Waals surface area contributed by atoms with Gasteiger partial charge in [0.15, 0.2) is 0 Å². The van der Waals surface area contributed by atoms with E-state index in [4.69, 9.17) is 4.42 Å². The van der Waals surface area contributed by atoms with Crippen molar-refractivity contribution in [2.45, 2.75) is 32.7 Å². The SMILES string of the molecule is CC1N=C(C(=O)Nc2ccc(-c3ncc(C(C)C)o3)cc2)NN(c2ccccc2)C1=O. The second-order valence-corrected chi connectivity index (χ2v) is 7.53. The van der Waals surface area contributed by atoms with Gasteiger partial charge in [0.2, 0.25) is 11.7 Å². The number of benzene rings is 2. The van der Waals surface area contributed by atoms with Crippen molar-refractivity contribution < 1.29 is 14.0 Å². The smallest absolute Gasteiger partial charge is 0.292 e. The number of anilines is 2. The lowest BCUT2D eigenvalue weighted by Gasteiger charge is -2.30. The molecule has 0 spiro atoms. The van der Waals surface area contributed by atoms with Gasteiger partial charge in [-0.1, -0.05) is 32.0 Å². The largest absolute Gasteiger partial charge is 0.441 e. The molecule has 158 valence electrons. The minimum Gasteiger partial charge on any atom is -0.441 e. The normalized spacial score (nSPS) is 16.1. The number of hydrogen-bond donors (Lipinski definition) is 2. The number of oxazole rings is 1. The fraction of sp³-hybridized carbons (Fsp3) is 0.217. The van der Waals surface area contributed by atoms with Gasteiger partial charge in [-0.05, 0) is 43.3 Å². The summed E-state index contributed by atoms with van der Waals surface area (Å²) in [5, 5.41) is 4.14. The molecule has 1 aromatic heterocycles. The second kappa shape index (κ2) is 8.43. The van der Waals surface area contributed by atoms with E-state index in [1.807, 2.05) is 44.2 Å². The lowest BCUT2D eigenvalue weighted by atomic mass is 10.2. The number of para-hydroxylation sites is 1. The van der Waals surface area contributed by atoms with Crippen LogP contribution >= 0.6 is 0 Å². The highest BCUT2D eigenvalue weighted by atomic mass is 16.4. The van der Waals surface area contributed by atoms with Crippen LogP contribution in [0, 0.1) is 0 Å². The van der Waals surface area contributed by atoms with E-state index in [1.165, 1.54) is 5.01 Å². The second-order valence-electron chi connectivity index (χ2n) is 7.53. The number of hydrazine groups is 1. The Balaban J connectivity index is 1.47. The first-order valence-electron chi connectivity index (χ1n) is 10.0. The van der Waals surface area contributed by atoms with Gasteiger partial charge in [0.25, 0.3) is 11.8 Å². The molecule has 0 saturated carbocycles. The Labute approximate surface area is 180 Å². The molecule has 0 fully saturated rings. The Bertz CT molecular complexity index is 1120. The van der Waals surface area contributed by atoms with E-state index in [0.717, 1.165) is 11.3 Å². The van der Waals surface area contributed by atoms with E-state index < -0.39 is 11.9 Å². The summed E-state index contributed by atoms with van der Waals surface area (Å²) in [6.45, 7) is 5.74. The number of amides is 2. The molecule has 4 rings (SSSR count). The van der Waals surface area contributed by atoms with Crippen LogP contribution in [0.3, 0.4) is 0 Å². The van der Waals surface area contributed by atoms with Crippen LogP contribution in [0.15, 0.2) is 70.2 Å². The number of nitrogens with zero attached hydrogens (tertiary/aromatic N) is 3. The van der Waals surface area contributed by atoms with E-state index in [-0.39, 0.29) is 17.7 Å². The zero-order valence-corrected chi connectivity index (χ0v) is 17.5. The average molecular weight is 417 g/mol. The Morgan fingerprint density at radius 2 is 1.84 bits per heavy atom. The maximum absolute atomic E-state index is 12.8. The molecule has 2 amide bonds. The number of amidine groups is 1. The minimum absolute atomic E-state index is 0.0642. The predicted octanol–water partition coefficient (Wildman–Crippen LogP) is 3.74. The maximum atomic E-state index is 12.8. The molecule has 1 atom stereocenters. The summed E-state index contributed by atoms with van der Waals surface area (Å²) in [5.41, 5.74) is 4.85. The third-order valence-corrected chi connectivity index (χ3v) is 4.83. The highest BCUT2D eigenvalue weighted by Crippen LogP contribution is 2.24. The van der Waals surface area contributed by atoms with Crippen LogP contribution in [0.1, 0.15) is 32.4 Å². The van der Waals surface area contributed by atoms with Crippen LogP contribution in [0.2, 0.25) is 0 Å². The zero-order chi connectivity index (χ0) is 22.0. The van der Waals surface area contributed by atoms with Crippen molar-refractivity contribution in [1.82, 2.24) is 10.4 Å². The van der Waals surface area contributed by atoms with Gasteiger partial charge in [0.05, 0.1) is 11.9 Å². The van der Waals surface area contributed by atoms with Gasteiger partial charge in [-0.25, -0.2) is 15.0 Å². The predicted molar refractivity (Wildman–Crippen MR) is 119 cm³/mol. The van der Waals surface area contributed by atoms with E-state index in [9.17, 15) is 9.59 Å². The van der Waals surface area contributed by atoms with E-state index in [2.05, 4.69) is 20.7 Å². The van der Waals surface area contributed by atoms with Crippen LogP contribution < -0.4 is 15.8 Å². The molecule has 1 aliphatic heterocycles. The summed E-state index contributed by atoms with van der Waals surface area (Å²) in [4.78, 5) is 33.7. The Morgan fingerprint density at radius 3 is 2.48 bits per heavy atom. The van der Waals surface area contributed by atoms with Gasteiger partial charge in [-0.3, -0.25) is 15.0 Å². The third-order valence-electron chi connectivity index (χ3n) is 4.83. The third kappa shape index (κ3) is 4.32. The Kier molecular flexibility index (Phi) is 5.53. The van der Waals surface area contributed by atoms with Gasteiger partial charge >= 0.3 is 0 Å². The first-order valence-corrected chi connectivity index (χ1v) is 10.0. The molecule has 1 aliphatic rings. The molecule has 0 saturated heterocycles. The summed E-state index contributed by atoms with van der Waals surface area (Å²) in [6.07, 6.45) is 1.73. The van der Waals surface area contributed by atoms with Gasteiger partial charge in [0.1, 0.15) is 11.8 Å². The molecule has 8 heteroatoms. The van der Waals surface area contributed by atoms with Gasteiger partial charge in [-0.15, -0.1) is 0 Å². The summed E-state index contributed by atoms with van der Waals surface area (Å²) >= 11 is 0. The van der Waals surface area contributed by atoms with Crippen LogP contribution in [-0.4, -0.2) is 28.7 Å². The first-order chi connectivity index (χ1) is 14.9. The lowest BCUT2D eigenvalue weighted by molar-refractivity contribution is -0.120. The van der Waals surface area contributed by atoms with Crippen molar-refractivity contribution in [3.8, 4) is 11.5 Å². The standard InChI is InChI=1S/C23H23N5O3/c1-14(2)19-13-24-22(31-19)16-9-11-17(12-10-16)26-21(29)20-25-15(3)23(30)28(27-20)18-7-5-4-6-8-18/h4-15H,1-3H3,(H,25,27)(H,26,29). The molecule has 0 aliphatic carbocycles. The fourth-order valence-corrected chi connectivity index (χ4v) is 3.08. The van der Waals surface area contributed by atoms with E-state index in [0.29, 0.717) is 17.3 Å². The molecular formula is C23H23N5O3. The molecule has 8 nitrogen and oxygen atoms in total. The number of aliphatic imine (C=N–C) groups is 1. The summed E-state index contributed by atoms with van der Waals surface area (Å²) in [7, 11) is 0. The maximum Gasteiger partial charge on any atom is 0.292 e. The van der Waals surface area contributed by atoms with Crippen molar-refractivity contribution in [3.05, 3.63) is 66.6 Å². The quantitative estimate of drug-likeness (QED) is 0.659. The van der Waals surface area contributed by atoms with Crippen LogP contribution in [0.5, 0.6) is 0 Å². The minimum atomic E-state index is -0.676. The molecule has 1 unspecified atom stereocenters. The highest BCUT2D eigenvalue weighted by Gasteiger charge is 2.30. The summed E-state index contributed by atoms with van der Waals surface area (Å²) < 4.78 is 5.76. The Hall–Kier alpha value is -3.94. The molecule has 2 aromatic carbocycles. The van der Waals surface area contributed by atoms with Crippen molar-refractivity contribution in [2.24, 2.45) is 4.99 Å². The fourth-order valence-electron chi connectivity index (χ4n) is 3.08. The number of nitrogens with one attached hydrogen (secondary N) is 2. The molecule has 2 heterocycles. The Morgan fingerprint density at radius 1 is 1.13 bits per heavy atom. The molecular weight excluding hydrogens is 394 g/mol. The van der Waals surface area contributed by atoms with Gasteiger partial charge in [-0.2, -0.15) is 0 Å². The van der Waals surface area contributed by atoms with Crippen molar-refractivity contribution in [3.63, 3.8) is 0 Å².